The number of esters is 1. The molecule has 7 atom stereocenters. The molecule has 5 rings (SSSR count). The molecular formula is C39H48ClN3O8. The summed E-state index contributed by atoms with van der Waals surface area (Å²) in [4.78, 5) is 59.7. The van der Waals surface area contributed by atoms with Crippen LogP contribution in [0.5, 0.6) is 0 Å². The van der Waals surface area contributed by atoms with Crippen LogP contribution in [0, 0.1) is 11.8 Å². The molecule has 3 fully saturated rings. The molecule has 2 N–H and O–H groups in total. The first kappa shape index (κ1) is 38.2. The fraction of sp³-hybridized carbons (Fsp3) is 0.487. The maximum Gasteiger partial charge on any atom is 0.313 e. The fourth-order valence-electron chi connectivity index (χ4n) is 7.86. The van der Waals surface area contributed by atoms with Gasteiger partial charge in [0.15, 0.2) is 0 Å². The van der Waals surface area contributed by atoms with E-state index in [1.54, 1.807) is 46.2 Å². The number of ether oxygens (including phenoxy) is 3. The Morgan fingerprint density at radius 3 is 2.53 bits per heavy atom. The number of methoxy groups -OCH3 is 1. The molecule has 3 aliphatic rings. The molecule has 274 valence electrons. The van der Waals surface area contributed by atoms with Crippen molar-refractivity contribution in [2.24, 2.45) is 11.8 Å². The Labute approximate surface area is 304 Å². The van der Waals surface area contributed by atoms with Gasteiger partial charge in [-0.3, -0.25) is 19.2 Å². The highest BCUT2D eigenvalue weighted by Crippen LogP contribution is 2.59. The van der Waals surface area contributed by atoms with Gasteiger partial charge in [-0.1, -0.05) is 54.1 Å². The standard InChI is InChI=1S/C39H48ClN3O8/c1-4-6-15-31(45)41-29(25-49-3)34(26-13-9-7-10-14-26)50-38(48)32-30-20-21-39(51-30)33(32)36(46)43(23-11-8-12-24-44)35(39)37(47)42(22-5-2)28-18-16-27(40)17-19-28/h4-5,7,9-10,13-14,16-19,29-30,32-35,44H,1-2,6,8,11-12,15,20-25H2,3H3,(H,41,45)/t29-,30+,32-,33-,34-,35+,39-/m1/s1. The third-order valence-corrected chi connectivity index (χ3v) is 10.3. The van der Waals surface area contributed by atoms with Crippen molar-refractivity contribution in [3.05, 3.63) is 90.5 Å². The van der Waals surface area contributed by atoms with E-state index >= 15 is 0 Å². The first-order chi connectivity index (χ1) is 24.7. The summed E-state index contributed by atoms with van der Waals surface area (Å²) in [6.07, 6.45) is 5.03. The van der Waals surface area contributed by atoms with E-state index in [0.29, 0.717) is 54.8 Å². The number of carbonyl (C=O) groups is 4. The van der Waals surface area contributed by atoms with Gasteiger partial charge in [-0.2, -0.15) is 0 Å². The Morgan fingerprint density at radius 1 is 1.12 bits per heavy atom. The molecule has 0 aromatic heterocycles. The van der Waals surface area contributed by atoms with Crippen molar-refractivity contribution < 1.29 is 38.5 Å². The summed E-state index contributed by atoms with van der Waals surface area (Å²) in [5, 5.41) is 12.9. The zero-order valence-electron chi connectivity index (χ0n) is 29.1. The van der Waals surface area contributed by atoms with Crippen LogP contribution in [0.1, 0.15) is 56.6 Å². The summed E-state index contributed by atoms with van der Waals surface area (Å²) in [5.41, 5.74) is -0.0151. The van der Waals surface area contributed by atoms with Crippen molar-refractivity contribution in [2.45, 2.75) is 74.8 Å². The molecule has 1 spiro atoms. The number of fused-ring (bicyclic) bond motifs is 1. The Balaban J connectivity index is 1.48. The molecule has 0 unspecified atom stereocenters. The lowest BCUT2D eigenvalue weighted by atomic mass is 9.70. The topological polar surface area (TPSA) is 135 Å². The molecular weight excluding hydrogens is 674 g/mol. The van der Waals surface area contributed by atoms with Gasteiger partial charge in [0.1, 0.15) is 17.7 Å². The lowest BCUT2D eigenvalue weighted by molar-refractivity contribution is -0.163. The SMILES string of the molecule is C=CCCC(=O)N[C@H](COC)[C@H](OC(=O)[C@@H]1[C@@H]2CC[C@]3(O2)[C@H](C(=O)N(CC=C)c2ccc(Cl)cc2)N(CCCCCO)C(=O)[C@@H]13)c1ccccc1. The van der Waals surface area contributed by atoms with Gasteiger partial charge < -0.3 is 34.4 Å². The van der Waals surface area contributed by atoms with Crippen molar-refractivity contribution in [1.82, 2.24) is 10.2 Å². The van der Waals surface area contributed by atoms with Crippen LogP contribution < -0.4 is 10.2 Å². The number of rotatable bonds is 19. The number of likely N-dealkylation sites (tertiary alicyclic amines) is 1. The number of aliphatic hydroxyl groups is 1. The minimum atomic E-state index is -1.25. The number of anilines is 1. The molecule has 2 bridgehead atoms. The average molecular weight is 722 g/mol. The first-order valence-corrected chi connectivity index (χ1v) is 18.0. The summed E-state index contributed by atoms with van der Waals surface area (Å²) in [5.74, 6) is -3.48. The summed E-state index contributed by atoms with van der Waals surface area (Å²) < 4.78 is 18.4. The smallest absolute Gasteiger partial charge is 0.313 e. The largest absolute Gasteiger partial charge is 0.455 e. The maximum atomic E-state index is 14.7. The normalized spacial score (nSPS) is 24.5. The molecule has 2 aromatic rings. The van der Waals surface area contributed by atoms with Gasteiger partial charge in [-0.05, 0) is 68.4 Å². The van der Waals surface area contributed by atoms with Gasteiger partial charge >= 0.3 is 5.97 Å². The van der Waals surface area contributed by atoms with Crippen LogP contribution in [0.25, 0.3) is 0 Å². The van der Waals surface area contributed by atoms with E-state index in [-0.39, 0.29) is 50.4 Å². The number of amides is 3. The second kappa shape index (κ2) is 17.5. The van der Waals surface area contributed by atoms with E-state index in [0.717, 1.165) is 0 Å². The average Bonchev–Trinajstić information content (AvgIpc) is 3.78. The molecule has 11 nitrogen and oxygen atoms in total. The minimum Gasteiger partial charge on any atom is -0.455 e. The van der Waals surface area contributed by atoms with Crippen LogP contribution in [0.4, 0.5) is 5.69 Å². The number of unbranched alkanes of at least 4 members (excludes halogenated alkanes) is 2. The van der Waals surface area contributed by atoms with Gasteiger partial charge in [-0.15, -0.1) is 13.2 Å². The summed E-state index contributed by atoms with van der Waals surface area (Å²) >= 11 is 6.16. The Kier molecular flexibility index (Phi) is 13.1. The van der Waals surface area contributed by atoms with E-state index in [1.807, 2.05) is 30.3 Å². The van der Waals surface area contributed by atoms with Gasteiger partial charge in [-0.25, -0.2) is 0 Å². The zero-order valence-corrected chi connectivity index (χ0v) is 29.8. The maximum absolute atomic E-state index is 14.7. The van der Waals surface area contributed by atoms with Crippen LogP contribution in [0.3, 0.4) is 0 Å². The monoisotopic (exact) mass is 721 g/mol. The number of hydrogen-bond acceptors (Lipinski definition) is 8. The highest BCUT2D eigenvalue weighted by Gasteiger charge is 2.75. The van der Waals surface area contributed by atoms with Gasteiger partial charge in [0.05, 0.1) is 30.6 Å². The number of carbonyl (C=O) groups excluding carboxylic acids is 4. The van der Waals surface area contributed by atoms with Crippen molar-refractivity contribution >= 4 is 41.0 Å². The number of hydrogen-bond donors (Lipinski definition) is 2. The van der Waals surface area contributed by atoms with Crippen LogP contribution in [0.2, 0.25) is 5.02 Å². The minimum absolute atomic E-state index is 0.0204. The van der Waals surface area contributed by atoms with Gasteiger partial charge in [0.2, 0.25) is 11.8 Å². The highest BCUT2D eigenvalue weighted by atomic mass is 35.5. The van der Waals surface area contributed by atoms with Crippen molar-refractivity contribution in [3.8, 4) is 0 Å². The van der Waals surface area contributed by atoms with Gasteiger partial charge in [0, 0.05) is 43.9 Å². The third-order valence-electron chi connectivity index (χ3n) is 10.1. The number of allylic oxidation sites excluding steroid dienone is 1. The molecule has 0 saturated carbocycles. The van der Waals surface area contributed by atoms with Crippen LogP contribution in [0.15, 0.2) is 79.9 Å². The zero-order chi connectivity index (χ0) is 36.5. The Bertz CT molecular complexity index is 1560. The number of nitrogens with zero attached hydrogens (tertiary/aromatic N) is 2. The predicted octanol–water partition coefficient (Wildman–Crippen LogP) is 4.78. The number of benzene rings is 2. The van der Waals surface area contributed by atoms with Gasteiger partial charge in [0.25, 0.3) is 5.91 Å². The molecule has 0 radical (unpaired) electrons. The second-order valence-corrected chi connectivity index (χ2v) is 13.7. The van der Waals surface area contributed by atoms with Crippen molar-refractivity contribution in [1.29, 1.82) is 0 Å². The molecule has 3 aliphatic heterocycles. The Hall–Kier alpha value is -4.03. The molecule has 3 amide bonds. The van der Waals surface area contributed by atoms with Crippen molar-refractivity contribution in [3.63, 3.8) is 0 Å². The highest BCUT2D eigenvalue weighted by molar-refractivity contribution is 6.30. The lowest BCUT2D eigenvalue weighted by Crippen LogP contribution is -2.56. The second-order valence-electron chi connectivity index (χ2n) is 13.3. The fourth-order valence-corrected chi connectivity index (χ4v) is 7.98. The number of nitrogens with one attached hydrogen (secondary N) is 1. The summed E-state index contributed by atoms with van der Waals surface area (Å²) in [6.45, 7) is 8.06. The molecule has 51 heavy (non-hydrogen) atoms. The molecule has 3 saturated heterocycles. The molecule has 3 heterocycles. The summed E-state index contributed by atoms with van der Waals surface area (Å²) in [6, 6.07) is 14.2. The van der Waals surface area contributed by atoms with E-state index in [9.17, 15) is 24.3 Å². The number of halogens is 1. The molecule has 2 aromatic carbocycles. The van der Waals surface area contributed by atoms with Crippen LogP contribution >= 0.6 is 11.6 Å². The quantitative estimate of drug-likeness (QED) is 0.120. The van der Waals surface area contributed by atoms with Crippen molar-refractivity contribution in [2.75, 3.05) is 38.3 Å². The van der Waals surface area contributed by atoms with E-state index < -0.39 is 47.7 Å². The third kappa shape index (κ3) is 8.07. The van der Waals surface area contributed by atoms with E-state index in [4.69, 9.17) is 25.8 Å². The lowest BCUT2D eigenvalue weighted by Gasteiger charge is -2.37. The van der Waals surface area contributed by atoms with E-state index in [1.165, 1.54) is 7.11 Å². The number of aliphatic hydroxyl groups excluding tert-OH is 1. The van der Waals surface area contributed by atoms with Crippen LogP contribution in [-0.2, 0) is 33.4 Å². The first-order valence-electron chi connectivity index (χ1n) is 17.6. The predicted molar refractivity (Wildman–Crippen MR) is 193 cm³/mol. The summed E-state index contributed by atoms with van der Waals surface area (Å²) in [7, 11) is 1.50. The molecule has 12 heteroatoms. The Morgan fingerprint density at radius 2 is 1.86 bits per heavy atom. The van der Waals surface area contributed by atoms with E-state index in [2.05, 4.69) is 18.5 Å². The van der Waals surface area contributed by atoms with Crippen LogP contribution in [-0.4, -0.2) is 90.9 Å². The molecule has 0 aliphatic carbocycles.